The smallest absolute Gasteiger partial charge is 0.435 e. The van der Waals surface area contributed by atoms with Crippen LogP contribution < -0.4 is 4.74 Å². The van der Waals surface area contributed by atoms with Gasteiger partial charge in [-0.1, -0.05) is 24.3 Å². The van der Waals surface area contributed by atoms with E-state index in [4.69, 9.17) is 9.47 Å². The van der Waals surface area contributed by atoms with Crippen LogP contribution in [0.5, 0.6) is 5.75 Å². The van der Waals surface area contributed by atoms with Crippen molar-refractivity contribution in [2.45, 2.75) is 45.4 Å². The van der Waals surface area contributed by atoms with Gasteiger partial charge in [-0.05, 0) is 69.5 Å². The van der Waals surface area contributed by atoms with Gasteiger partial charge in [0.05, 0.1) is 18.5 Å². The van der Waals surface area contributed by atoms with Crippen molar-refractivity contribution in [1.29, 1.82) is 0 Å². The van der Waals surface area contributed by atoms with E-state index in [0.29, 0.717) is 35.7 Å². The molecule has 0 spiro atoms. The molecule has 188 valence electrons. The molecule has 0 aliphatic heterocycles. The Balaban J connectivity index is 1.74. The summed E-state index contributed by atoms with van der Waals surface area (Å²) in [7, 11) is 3.21. The molecule has 9 heteroatoms. The van der Waals surface area contributed by atoms with Gasteiger partial charge in [-0.25, -0.2) is 9.48 Å². The highest BCUT2D eigenvalue weighted by Gasteiger charge is 2.35. The zero-order valence-corrected chi connectivity index (χ0v) is 20.5. The van der Waals surface area contributed by atoms with Crippen LogP contribution >= 0.6 is 0 Å². The first-order valence-corrected chi connectivity index (χ1v) is 11.2. The van der Waals surface area contributed by atoms with Crippen LogP contribution in [0.1, 0.15) is 38.4 Å². The van der Waals surface area contributed by atoms with E-state index in [9.17, 15) is 18.0 Å². The molecule has 0 aliphatic carbocycles. The number of hydrogen-bond acceptors (Lipinski definition) is 4. The quantitative estimate of drug-likeness (QED) is 0.387. The van der Waals surface area contributed by atoms with Gasteiger partial charge in [-0.15, -0.1) is 0 Å². The Bertz CT molecular complexity index is 1130. The van der Waals surface area contributed by atoms with Crippen molar-refractivity contribution in [2.75, 3.05) is 20.7 Å². The standard InChI is InChI=1S/C26H30F3N3O3/c1-25(2,3)35-24(33)31(4)16-6-7-18-8-10-19(11-9-18)22-17-23(26(27,28)29)30-32(22)20-12-14-21(34-5)15-13-20/h8-15,17H,6-7,16H2,1-5H3. The van der Waals surface area contributed by atoms with Crippen LogP contribution in [-0.4, -0.2) is 47.1 Å². The van der Waals surface area contributed by atoms with Gasteiger partial charge >= 0.3 is 12.3 Å². The predicted molar refractivity (Wildman–Crippen MR) is 128 cm³/mol. The molecule has 0 radical (unpaired) electrons. The Morgan fingerprint density at radius 1 is 1.03 bits per heavy atom. The molecule has 0 N–H and O–H groups in total. The number of nitrogens with zero attached hydrogens (tertiary/aromatic N) is 3. The van der Waals surface area contributed by atoms with E-state index in [0.717, 1.165) is 18.1 Å². The second-order valence-electron chi connectivity index (χ2n) is 9.22. The molecule has 2 aromatic carbocycles. The Kier molecular flexibility index (Phi) is 7.77. The highest BCUT2D eigenvalue weighted by molar-refractivity contribution is 5.67. The van der Waals surface area contributed by atoms with Crippen LogP contribution in [0.2, 0.25) is 0 Å². The summed E-state index contributed by atoms with van der Waals surface area (Å²) in [6.45, 7) is 5.98. The second kappa shape index (κ2) is 10.4. The average molecular weight is 490 g/mol. The molecule has 1 aromatic heterocycles. The number of aryl methyl sites for hydroxylation is 1. The maximum Gasteiger partial charge on any atom is 0.435 e. The molecule has 6 nitrogen and oxygen atoms in total. The van der Waals surface area contributed by atoms with E-state index in [1.54, 1.807) is 43.4 Å². The van der Waals surface area contributed by atoms with Crippen LogP contribution in [0.4, 0.5) is 18.0 Å². The zero-order chi connectivity index (χ0) is 25.8. The van der Waals surface area contributed by atoms with Crippen molar-refractivity contribution in [1.82, 2.24) is 14.7 Å². The third-order valence-corrected chi connectivity index (χ3v) is 5.23. The fourth-order valence-corrected chi connectivity index (χ4v) is 3.44. The Morgan fingerprint density at radius 3 is 2.20 bits per heavy atom. The van der Waals surface area contributed by atoms with E-state index >= 15 is 0 Å². The van der Waals surface area contributed by atoms with Crippen molar-refractivity contribution in [3.63, 3.8) is 0 Å². The normalized spacial score (nSPS) is 11.9. The highest BCUT2D eigenvalue weighted by Crippen LogP contribution is 2.33. The molecule has 1 heterocycles. The summed E-state index contributed by atoms with van der Waals surface area (Å²) >= 11 is 0. The SMILES string of the molecule is COc1ccc(-n2nc(C(F)(F)F)cc2-c2ccc(CCCN(C)C(=O)OC(C)(C)C)cc2)cc1. The number of benzene rings is 2. The summed E-state index contributed by atoms with van der Waals surface area (Å²) in [4.78, 5) is 13.6. The number of aromatic nitrogens is 2. The van der Waals surface area contributed by atoms with E-state index < -0.39 is 17.5 Å². The van der Waals surface area contributed by atoms with Crippen LogP contribution in [0.15, 0.2) is 54.6 Å². The minimum atomic E-state index is -4.56. The van der Waals surface area contributed by atoms with Crippen LogP contribution in [0, 0.1) is 0 Å². The molecule has 0 unspecified atom stereocenters. The van der Waals surface area contributed by atoms with Crippen molar-refractivity contribution < 1.29 is 27.4 Å². The van der Waals surface area contributed by atoms with E-state index in [1.807, 2.05) is 32.9 Å². The molecule has 0 saturated heterocycles. The number of carbonyl (C=O) groups is 1. The number of hydrogen-bond donors (Lipinski definition) is 0. The first kappa shape index (κ1) is 26.1. The predicted octanol–water partition coefficient (Wildman–Crippen LogP) is 6.37. The number of rotatable bonds is 7. The average Bonchev–Trinajstić information content (AvgIpc) is 3.24. The lowest BCUT2D eigenvalue weighted by molar-refractivity contribution is -0.141. The summed E-state index contributed by atoms with van der Waals surface area (Å²) in [6, 6.07) is 15.0. The minimum Gasteiger partial charge on any atom is -0.497 e. The number of alkyl halides is 3. The van der Waals surface area contributed by atoms with Crippen molar-refractivity contribution in [3.05, 3.63) is 65.9 Å². The number of carbonyl (C=O) groups excluding carboxylic acids is 1. The van der Waals surface area contributed by atoms with Crippen LogP contribution in [-0.2, 0) is 17.3 Å². The molecule has 0 saturated carbocycles. The molecular formula is C26H30F3N3O3. The molecular weight excluding hydrogens is 459 g/mol. The maximum absolute atomic E-state index is 13.4. The largest absolute Gasteiger partial charge is 0.497 e. The molecule has 3 aromatic rings. The number of amides is 1. The topological polar surface area (TPSA) is 56.6 Å². The molecule has 0 atom stereocenters. The third kappa shape index (κ3) is 7.00. The fraction of sp³-hybridized carbons (Fsp3) is 0.385. The first-order chi connectivity index (χ1) is 16.4. The number of ether oxygens (including phenoxy) is 2. The van der Waals surface area contributed by atoms with Gasteiger partial charge in [0.15, 0.2) is 5.69 Å². The van der Waals surface area contributed by atoms with Gasteiger partial charge in [-0.2, -0.15) is 18.3 Å². The monoisotopic (exact) mass is 489 g/mol. The molecule has 0 bridgehead atoms. The Labute approximate surface area is 203 Å². The molecule has 0 fully saturated rings. The first-order valence-electron chi connectivity index (χ1n) is 11.2. The molecule has 35 heavy (non-hydrogen) atoms. The summed E-state index contributed by atoms with van der Waals surface area (Å²) in [5.41, 5.74) is 0.934. The highest BCUT2D eigenvalue weighted by atomic mass is 19.4. The summed E-state index contributed by atoms with van der Waals surface area (Å²) in [5, 5.41) is 3.82. The lowest BCUT2D eigenvalue weighted by Gasteiger charge is -2.24. The Morgan fingerprint density at radius 2 is 1.66 bits per heavy atom. The minimum absolute atomic E-state index is 0.332. The van der Waals surface area contributed by atoms with Gasteiger partial charge < -0.3 is 14.4 Å². The number of methoxy groups -OCH3 is 1. The molecule has 3 rings (SSSR count). The van der Waals surface area contributed by atoms with Crippen molar-refractivity contribution in [2.24, 2.45) is 0 Å². The lowest BCUT2D eigenvalue weighted by Crippen LogP contribution is -2.34. The fourth-order valence-electron chi connectivity index (χ4n) is 3.44. The van der Waals surface area contributed by atoms with Crippen LogP contribution in [0.3, 0.4) is 0 Å². The van der Waals surface area contributed by atoms with Crippen LogP contribution in [0.25, 0.3) is 16.9 Å². The summed E-state index contributed by atoms with van der Waals surface area (Å²) < 4.78 is 52.0. The van der Waals surface area contributed by atoms with E-state index in [-0.39, 0.29) is 6.09 Å². The van der Waals surface area contributed by atoms with Gasteiger partial charge in [-0.3, -0.25) is 0 Å². The second-order valence-corrected chi connectivity index (χ2v) is 9.22. The summed E-state index contributed by atoms with van der Waals surface area (Å²) in [5.74, 6) is 0.597. The van der Waals surface area contributed by atoms with E-state index in [2.05, 4.69) is 5.10 Å². The Hall–Kier alpha value is -3.49. The van der Waals surface area contributed by atoms with E-state index in [1.165, 1.54) is 16.7 Å². The van der Waals surface area contributed by atoms with Gasteiger partial charge in [0.2, 0.25) is 0 Å². The third-order valence-electron chi connectivity index (χ3n) is 5.23. The van der Waals surface area contributed by atoms with Gasteiger partial charge in [0.25, 0.3) is 0 Å². The summed E-state index contributed by atoms with van der Waals surface area (Å²) in [6.07, 6.45) is -3.51. The molecule has 1 amide bonds. The zero-order valence-electron chi connectivity index (χ0n) is 20.5. The molecule has 0 aliphatic rings. The van der Waals surface area contributed by atoms with Crippen molar-refractivity contribution in [3.8, 4) is 22.7 Å². The van der Waals surface area contributed by atoms with Gasteiger partial charge in [0.1, 0.15) is 11.4 Å². The van der Waals surface area contributed by atoms with Crippen molar-refractivity contribution >= 4 is 6.09 Å². The van der Waals surface area contributed by atoms with Gasteiger partial charge in [0, 0.05) is 19.2 Å². The maximum atomic E-state index is 13.4. The number of halogens is 3. The lowest BCUT2D eigenvalue weighted by atomic mass is 10.0.